The molecule has 0 aliphatic rings. The Balaban J connectivity index is 2.60. The summed E-state index contributed by atoms with van der Waals surface area (Å²) in [5.74, 6) is -0.143. The van der Waals surface area contributed by atoms with Crippen LogP contribution in [-0.4, -0.2) is 19.1 Å². The highest BCUT2D eigenvalue weighted by molar-refractivity contribution is 5.70. The Hall–Kier alpha value is -1.35. The predicted molar refractivity (Wildman–Crippen MR) is 73.3 cm³/mol. The van der Waals surface area contributed by atoms with Crippen molar-refractivity contribution in [2.45, 2.75) is 39.2 Å². The van der Waals surface area contributed by atoms with E-state index in [-0.39, 0.29) is 12.0 Å². The third kappa shape index (κ3) is 5.32. The standard InChI is InChI=1S/C15H23NO2/c1-3-5-11-16-14(12-15(17)18-4-2)13-9-7-6-8-10-13/h6-10,14,16H,3-5,11-12H2,1-2H3. The SMILES string of the molecule is CCCCNC(CC(=O)OCC)c1ccccc1. The molecule has 1 aromatic carbocycles. The van der Waals surface area contributed by atoms with Gasteiger partial charge in [-0.25, -0.2) is 0 Å². The molecule has 0 aliphatic carbocycles. The van der Waals surface area contributed by atoms with Crippen LogP contribution in [0.15, 0.2) is 30.3 Å². The number of benzene rings is 1. The maximum atomic E-state index is 11.6. The Bertz CT molecular complexity index is 338. The van der Waals surface area contributed by atoms with Gasteiger partial charge in [0.2, 0.25) is 0 Å². The molecule has 1 N–H and O–H groups in total. The Morgan fingerprint density at radius 2 is 2.00 bits per heavy atom. The van der Waals surface area contributed by atoms with Crippen molar-refractivity contribution in [3.63, 3.8) is 0 Å². The van der Waals surface area contributed by atoms with Crippen LogP contribution in [0.1, 0.15) is 44.7 Å². The van der Waals surface area contributed by atoms with Gasteiger partial charge in [0.15, 0.2) is 0 Å². The average Bonchev–Trinajstić information content (AvgIpc) is 2.39. The first-order chi connectivity index (χ1) is 8.77. The molecule has 0 saturated heterocycles. The van der Waals surface area contributed by atoms with Gasteiger partial charge in [0, 0.05) is 6.04 Å². The topological polar surface area (TPSA) is 38.3 Å². The molecule has 1 aromatic rings. The Morgan fingerprint density at radius 3 is 2.61 bits per heavy atom. The first-order valence-corrected chi connectivity index (χ1v) is 6.71. The largest absolute Gasteiger partial charge is 0.466 e. The summed E-state index contributed by atoms with van der Waals surface area (Å²) in [6.45, 7) is 5.36. The van der Waals surface area contributed by atoms with Crippen molar-refractivity contribution in [3.8, 4) is 0 Å². The molecule has 1 atom stereocenters. The summed E-state index contributed by atoms with van der Waals surface area (Å²) in [6.07, 6.45) is 2.65. The maximum absolute atomic E-state index is 11.6. The zero-order chi connectivity index (χ0) is 13.2. The molecular weight excluding hydrogens is 226 g/mol. The first-order valence-electron chi connectivity index (χ1n) is 6.71. The normalized spacial score (nSPS) is 12.1. The molecule has 0 amide bonds. The number of ether oxygens (including phenoxy) is 1. The highest BCUT2D eigenvalue weighted by Crippen LogP contribution is 2.17. The van der Waals surface area contributed by atoms with Crippen LogP contribution in [0.3, 0.4) is 0 Å². The Kier molecular flexibility index (Phi) is 7.11. The number of nitrogens with one attached hydrogen (secondary N) is 1. The first kappa shape index (κ1) is 14.7. The number of hydrogen-bond acceptors (Lipinski definition) is 3. The van der Waals surface area contributed by atoms with Gasteiger partial charge < -0.3 is 10.1 Å². The minimum atomic E-state index is -0.143. The molecule has 0 saturated carbocycles. The average molecular weight is 249 g/mol. The minimum Gasteiger partial charge on any atom is -0.466 e. The molecule has 0 aliphatic heterocycles. The van der Waals surface area contributed by atoms with Crippen molar-refractivity contribution >= 4 is 5.97 Å². The van der Waals surface area contributed by atoms with Gasteiger partial charge in [-0.05, 0) is 25.5 Å². The number of hydrogen-bond donors (Lipinski definition) is 1. The molecule has 100 valence electrons. The van der Waals surface area contributed by atoms with E-state index in [1.54, 1.807) is 0 Å². The zero-order valence-corrected chi connectivity index (χ0v) is 11.3. The van der Waals surface area contributed by atoms with Crippen molar-refractivity contribution in [1.82, 2.24) is 5.32 Å². The highest BCUT2D eigenvalue weighted by Gasteiger charge is 2.15. The molecule has 1 unspecified atom stereocenters. The summed E-state index contributed by atoms with van der Waals surface area (Å²) >= 11 is 0. The molecule has 0 spiro atoms. The van der Waals surface area contributed by atoms with Crippen molar-refractivity contribution in [3.05, 3.63) is 35.9 Å². The fourth-order valence-corrected chi connectivity index (χ4v) is 1.83. The Morgan fingerprint density at radius 1 is 1.28 bits per heavy atom. The minimum absolute atomic E-state index is 0.0526. The second-order valence-corrected chi connectivity index (χ2v) is 4.28. The molecule has 0 radical (unpaired) electrons. The number of rotatable bonds is 8. The molecule has 1 rings (SSSR count). The fraction of sp³-hybridized carbons (Fsp3) is 0.533. The summed E-state index contributed by atoms with van der Waals surface area (Å²) in [5, 5.41) is 3.43. The molecular formula is C15H23NO2. The quantitative estimate of drug-likeness (QED) is 0.568. The lowest BCUT2D eigenvalue weighted by molar-refractivity contribution is -0.143. The molecule has 0 aromatic heterocycles. The van der Waals surface area contributed by atoms with Gasteiger partial charge in [-0.15, -0.1) is 0 Å². The fourth-order valence-electron chi connectivity index (χ4n) is 1.83. The van der Waals surface area contributed by atoms with Crippen LogP contribution in [0, 0.1) is 0 Å². The lowest BCUT2D eigenvalue weighted by Crippen LogP contribution is -2.25. The van der Waals surface area contributed by atoms with E-state index in [2.05, 4.69) is 12.2 Å². The van der Waals surface area contributed by atoms with Crippen LogP contribution in [-0.2, 0) is 9.53 Å². The summed E-state index contributed by atoms with van der Waals surface area (Å²) in [4.78, 5) is 11.6. The van der Waals surface area contributed by atoms with Gasteiger partial charge in [-0.2, -0.15) is 0 Å². The second-order valence-electron chi connectivity index (χ2n) is 4.28. The van der Waals surface area contributed by atoms with Gasteiger partial charge in [0.1, 0.15) is 0 Å². The van der Waals surface area contributed by atoms with Crippen LogP contribution in [0.4, 0.5) is 0 Å². The maximum Gasteiger partial charge on any atom is 0.307 e. The van der Waals surface area contributed by atoms with Crippen LogP contribution in [0.25, 0.3) is 0 Å². The van der Waals surface area contributed by atoms with Crippen molar-refractivity contribution in [2.75, 3.05) is 13.2 Å². The van der Waals surface area contributed by atoms with Gasteiger partial charge in [0.05, 0.1) is 13.0 Å². The van der Waals surface area contributed by atoms with Crippen LogP contribution < -0.4 is 5.32 Å². The van der Waals surface area contributed by atoms with E-state index in [4.69, 9.17) is 4.74 Å². The van der Waals surface area contributed by atoms with E-state index in [1.165, 1.54) is 0 Å². The summed E-state index contributed by atoms with van der Waals surface area (Å²) in [6, 6.07) is 10.1. The van der Waals surface area contributed by atoms with E-state index in [0.29, 0.717) is 13.0 Å². The molecule has 0 fully saturated rings. The number of esters is 1. The highest BCUT2D eigenvalue weighted by atomic mass is 16.5. The van der Waals surface area contributed by atoms with Crippen LogP contribution in [0.2, 0.25) is 0 Å². The molecule has 18 heavy (non-hydrogen) atoms. The molecule has 0 heterocycles. The summed E-state index contributed by atoms with van der Waals surface area (Å²) in [7, 11) is 0. The lowest BCUT2D eigenvalue weighted by atomic mass is 10.0. The Labute approximate surface area is 110 Å². The third-order valence-electron chi connectivity index (χ3n) is 2.80. The molecule has 3 nitrogen and oxygen atoms in total. The van der Waals surface area contributed by atoms with Gasteiger partial charge in [-0.3, -0.25) is 4.79 Å². The van der Waals surface area contributed by atoms with Gasteiger partial charge >= 0.3 is 5.97 Å². The predicted octanol–water partition coefficient (Wildman–Crippen LogP) is 3.07. The van der Waals surface area contributed by atoms with E-state index < -0.39 is 0 Å². The number of carbonyl (C=O) groups excluding carboxylic acids is 1. The van der Waals surface area contributed by atoms with E-state index >= 15 is 0 Å². The van der Waals surface area contributed by atoms with E-state index in [9.17, 15) is 4.79 Å². The number of carbonyl (C=O) groups is 1. The van der Waals surface area contributed by atoms with Crippen molar-refractivity contribution in [1.29, 1.82) is 0 Å². The van der Waals surface area contributed by atoms with Crippen molar-refractivity contribution in [2.24, 2.45) is 0 Å². The van der Waals surface area contributed by atoms with E-state index in [1.807, 2.05) is 37.3 Å². The van der Waals surface area contributed by atoms with Crippen molar-refractivity contribution < 1.29 is 9.53 Å². The van der Waals surface area contributed by atoms with Gasteiger partial charge in [-0.1, -0.05) is 43.7 Å². The smallest absolute Gasteiger partial charge is 0.307 e. The summed E-state index contributed by atoms with van der Waals surface area (Å²) < 4.78 is 5.02. The lowest BCUT2D eigenvalue weighted by Gasteiger charge is -2.18. The molecule has 0 bridgehead atoms. The van der Waals surface area contributed by atoms with E-state index in [0.717, 1.165) is 24.9 Å². The zero-order valence-electron chi connectivity index (χ0n) is 11.3. The summed E-state index contributed by atoms with van der Waals surface area (Å²) in [5.41, 5.74) is 1.14. The van der Waals surface area contributed by atoms with Crippen LogP contribution >= 0.6 is 0 Å². The monoisotopic (exact) mass is 249 g/mol. The van der Waals surface area contributed by atoms with Gasteiger partial charge in [0.25, 0.3) is 0 Å². The van der Waals surface area contributed by atoms with Crippen LogP contribution in [0.5, 0.6) is 0 Å². The third-order valence-corrected chi connectivity index (χ3v) is 2.80. The number of unbranched alkanes of at least 4 members (excludes halogenated alkanes) is 1. The second kappa shape index (κ2) is 8.70. The molecule has 3 heteroatoms.